The minimum atomic E-state index is -3.59. The molecular weight excluding hydrogens is 356 g/mol. The van der Waals surface area contributed by atoms with E-state index in [1.54, 1.807) is 44.3 Å². The van der Waals surface area contributed by atoms with E-state index in [0.717, 1.165) is 0 Å². The molecule has 26 heavy (non-hydrogen) atoms. The monoisotopic (exact) mass is 380 g/mol. The SMILES string of the molecule is COCCN(Cc1ccco1)C(=O)c1ccc(S(=O)(=O)NC(C)C)cc1. The molecule has 1 aromatic carbocycles. The molecule has 0 aliphatic rings. The number of nitrogens with zero attached hydrogens (tertiary/aromatic N) is 1. The van der Waals surface area contributed by atoms with Crippen LogP contribution < -0.4 is 4.72 Å². The molecule has 2 rings (SSSR count). The van der Waals surface area contributed by atoms with E-state index in [4.69, 9.17) is 9.15 Å². The second kappa shape index (κ2) is 8.98. The first-order valence-corrected chi connectivity index (χ1v) is 9.75. The number of ether oxygens (including phenoxy) is 1. The first-order valence-electron chi connectivity index (χ1n) is 8.26. The Morgan fingerprint density at radius 2 is 1.92 bits per heavy atom. The van der Waals surface area contributed by atoms with Crippen molar-refractivity contribution in [3.63, 3.8) is 0 Å². The van der Waals surface area contributed by atoms with Crippen molar-refractivity contribution in [2.24, 2.45) is 0 Å². The highest BCUT2D eigenvalue weighted by molar-refractivity contribution is 7.89. The molecule has 1 heterocycles. The number of methoxy groups -OCH3 is 1. The summed E-state index contributed by atoms with van der Waals surface area (Å²) in [6, 6.07) is 9.23. The number of sulfonamides is 1. The molecular formula is C18H24N2O5S. The molecule has 0 unspecified atom stereocenters. The topological polar surface area (TPSA) is 88.8 Å². The summed E-state index contributed by atoms with van der Waals surface area (Å²) in [4.78, 5) is 14.5. The largest absolute Gasteiger partial charge is 0.467 e. The summed E-state index contributed by atoms with van der Waals surface area (Å²) in [6.45, 7) is 4.59. The van der Waals surface area contributed by atoms with Gasteiger partial charge in [-0.25, -0.2) is 13.1 Å². The van der Waals surface area contributed by atoms with Crippen LogP contribution in [0.2, 0.25) is 0 Å². The number of benzene rings is 1. The van der Waals surface area contributed by atoms with Crippen molar-refractivity contribution in [3.8, 4) is 0 Å². The maximum Gasteiger partial charge on any atom is 0.254 e. The van der Waals surface area contributed by atoms with Crippen LogP contribution in [0.1, 0.15) is 30.0 Å². The zero-order valence-corrected chi connectivity index (χ0v) is 16.0. The van der Waals surface area contributed by atoms with E-state index in [1.807, 2.05) is 0 Å². The van der Waals surface area contributed by atoms with E-state index in [1.165, 1.54) is 24.3 Å². The van der Waals surface area contributed by atoms with Crippen molar-refractivity contribution >= 4 is 15.9 Å². The predicted octanol–water partition coefficient (Wildman–Crippen LogP) is 2.26. The standard InChI is InChI=1S/C18H24N2O5S/c1-14(2)19-26(22,23)17-8-6-15(7-9-17)18(21)20(10-12-24-3)13-16-5-4-11-25-16/h4-9,11,14,19H,10,12-13H2,1-3H3. The fraction of sp³-hybridized carbons (Fsp3) is 0.389. The Kier molecular flexibility index (Phi) is 6.96. The molecule has 0 aliphatic heterocycles. The molecule has 1 aromatic heterocycles. The Balaban J connectivity index is 2.17. The highest BCUT2D eigenvalue weighted by Gasteiger charge is 2.19. The quantitative estimate of drug-likeness (QED) is 0.721. The van der Waals surface area contributed by atoms with Crippen LogP contribution in [0.15, 0.2) is 52.0 Å². The first kappa shape index (κ1) is 20.2. The zero-order chi connectivity index (χ0) is 19.2. The molecule has 2 aromatic rings. The molecule has 7 nitrogen and oxygen atoms in total. The highest BCUT2D eigenvalue weighted by atomic mass is 32.2. The predicted molar refractivity (Wildman–Crippen MR) is 97.2 cm³/mol. The molecule has 0 atom stereocenters. The van der Waals surface area contributed by atoms with Gasteiger partial charge >= 0.3 is 0 Å². The Morgan fingerprint density at radius 3 is 2.46 bits per heavy atom. The van der Waals surface area contributed by atoms with Crippen LogP contribution in [0.3, 0.4) is 0 Å². The second-order valence-corrected chi connectivity index (χ2v) is 7.81. The van der Waals surface area contributed by atoms with Crippen molar-refractivity contribution < 1.29 is 22.4 Å². The number of amides is 1. The van der Waals surface area contributed by atoms with Gasteiger partial charge in [0.25, 0.3) is 5.91 Å². The van der Waals surface area contributed by atoms with Gasteiger partial charge in [0.05, 0.1) is 24.3 Å². The van der Waals surface area contributed by atoms with Gasteiger partial charge in [0.15, 0.2) is 0 Å². The summed E-state index contributed by atoms with van der Waals surface area (Å²) < 4.78 is 37.2. The lowest BCUT2D eigenvalue weighted by Crippen LogP contribution is -2.33. The van der Waals surface area contributed by atoms with Gasteiger partial charge in [0.2, 0.25) is 10.0 Å². The lowest BCUT2D eigenvalue weighted by Gasteiger charge is -2.21. The van der Waals surface area contributed by atoms with E-state index < -0.39 is 10.0 Å². The summed E-state index contributed by atoms with van der Waals surface area (Å²) in [6.07, 6.45) is 1.55. The van der Waals surface area contributed by atoms with Crippen molar-refractivity contribution in [1.82, 2.24) is 9.62 Å². The zero-order valence-electron chi connectivity index (χ0n) is 15.1. The smallest absolute Gasteiger partial charge is 0.254 e. The third-order valence-electron chi connectivity index (χ3n) is 3.58. The van der Waals surface area contributed by atoms with Crippen LogP contribution in [0, 0.1) is 0 Å². The van der Waals surface area contributed by atoms with E-state index in [-0.39, 0.29) is 16.8 Å². The molecule has 0 bridgehead atoms. The lowest BCUT2D eigenvalue weighted by atomic mass is 10.2. The van der Waals surface area contributed by atoms with Crippen LogP contribution >= 0.6 is 0 Å². The Bertz CT molecular complexity index is 799. The third-order valence-corrected chi connectivity index (χ3v) is 5.26. The van der Waals surface area contributed by atoms with Gasteiger partial charge in [0.1, 0.15) is 5.76 Å². The highest BCUT2D eigenvalue weighted by Crippen LogP contribution is 2.15. The molecule has 0 saturated heterocycles. The normalized spacial score (nSPS) is 11.7. The van der Waals surface area contributed by atoms with E-state index in [9.17, 15) is 13.2 Å². The average molecular weight is 380 g/mol. The maximum atomic E-state index is 12.8. The minimum Gasteiger partial charge on any atom is -0.467 e. The molecule has 8 heteroatoms. The number of hydrogen-bond donors (Lipinski definition) is 1. The van der Waals surface area contributed by atoms with Crippen LogP contribution in [-0.2, 0) is 21.3 Å². The molecule has 0 fully saturated rings. The summed E-state index contributed by atoms with van der Waals surface area (Å²) >= 11 is 0. The van der Waals surface area contributed by atoms with Crippen LogP contribution in [0.4, 0.5) is 0 Å². The van der Waals surface area contributed by atoms with Crippen molar-refractivity contribution in [2.45, 2.75) is 31.3 Å². The van der Waals surface area contributed by atoms with Gasteiger partial charge in [-0.1, -0.05) is 0 Å². The van der Waals surface area contributed by atoms with Gasteiger partial charge in [-0.3, -0.25) is 4.79 Å². The summed E-state index contributed by atoms with van der Waals surface area (Å²) in [7, 11) is -2.02. The third kappa shape index (κ3) is 5.42. The van der Waals surface area contributed by atoms with Crippen molar-refractivity contribution in [3.05, 3.63) is 54.0 Å². The molecule has 0 aliphatic carbocycles. The van der Waals surface area contributed by atoms with E-state index >= 15 is 0 Å². The fourth-order valence-corrected chi connectivity index (χ4v) is 3.63. The Labute approximate surface area is 154 Å². The summed E-state index contributed by atoms with van der Waals surface area (Å²) in [5.74, 6) is 0.439. The first-order chi connectivity index (χ1) is 12.3. The van der Waals surface area contributed by atoms with Gasteiger partial charge < -0.3 is 14.1 Å². The van der Waals surface area contributed by atoms with E-state index in [2.05, 4.69) is 4.72 Å². The van der Waals surface area contributed by atoms with Gasteiger partial charge in [-0.2, -0.15) is 0 Å². The Hall–Kier alpha value is -2.16. The van der Waals surface area contributed by atoms with Crippen LogP contribution in [-0.4, -0.2) is 45.5 Å². The maximum absolute atomic E-state index is 12.8. The van der Waals surface area contributed by atoms with Crippen LogP contribution in [0.5, 0.6) is 0 Å². The minimum absolute atomic E-state index is 0.122. The molecule has 1 amide bonds. The van der Waals surface area contributed by atoms with Crippen molar-refractivity contribution in [2.75, 3.05) is 20.3 Å². The van der Waals surface area contributed by atoms with Crippen molar-refractivity contribution in [1.29, 1.82) is 0 Å². The molecule has 1 N–H and O–H groups in total. The number of nitrogens with one attached hydrogen (secondary N) is 1. The second-order valence-electron chi connectivity index (χ2n) is 6.10. The molecule has 142 valence electrons. The van der Waals surface area contributed by atoms with Gasteiger partial charge in [-0.15, -0.1) is 0 Å². The number of carbonyl (C=O) groups is 1. The number of carbonyl (C=O) groups excluding carboxylic acids is 1. The van der Waals surface area contributed by atoms with E-state index in [0.29, 0.717) is 31.0 Å². The average Bonchev–Trinajstić information content (AvgIpc) is 3.10. The van der Waals surface area contributed by atoms with Crippen LogP contribution in [0.25, 0.3) is 0 Å². The fourth-order valence-electron chi connectivity index (χ4n) is 2.38. The number of hydrogen-bond acceptors (Lipinski definition) is 5. The molecule has 0 radical (unpaired) electrons. The summed E-state index contributed by atoms with van der Waals surface area (Å²) in [5, 5.41) is 0. The number of rotatable bonds is 9. The van der Waals surface area contributed by atoms with Gasteiger partial charge in [-0.05, 0) is 50.2 Å². The lowest BCUT2D eigenvalue weighted by molar-refractivity contribution is 0.0666. The Morgan fingerprint density at radius 1 is 1.23 bits per heavy atom. The molecule has 0 saturated carbocycles. The molecule has 0 spiro atoms. The number of furan rings is 1. The van der Waals surface area contributed by atoms with Gasteiger partial charge in [0, 0.05) is 25.3 Å². The summed E-state index contributed by atoms with van der Waals surface area (Å²) in [5.41, 5.74) is 0.399.